The summed E-state index contributed by atoms with van der Waals surface area (Å²) < 4.78 is 38.0. The molecule has 0 atom stereocenters. The van der Waals surface area contributed by atoms with Gasteiger partial charge in [-0.25, -0.2) is 13.2 Å². The first kappa shape index (κ1) is 23.6. The molecule has 1 aliphatic rings. The molecule has 0 saturated carbocycles. The van der Waals surface area contributed by atoms with Crippen LogP contribution >= 0.6 is 0 Å². The summed E-state index contributed by atoms with van der Waals surface area (Å²) in [6.45, 7) is 0.571. The molecule has 1 fully saturated rings. The van der Waals surface area contributed by atoms with Crippen LogP contribution in [0.3, 0.4) is 0 Å². The molecule has 2 rings (SSSR count). The van der Waals surface area contributed by atoms with E-state index in [1.54, 1.807) is 0 Å². The maximum atomic E-state index is 13.2. The normalized spacial score (nSPS) is 15.0. The molecule has 0 aliphatic carbocycles. The van der Waals surface area contributed by atoms with E-state index in [9.17, 15) is 18.0 Å². The van der Waals surface area contributed by atoms with Crippen molar-refractivity contribution in [3.8, 4) is 11.8 Å². The molecule has 1 aromatic carbocycles. The number of hydrogen-bond donors (Lipinski definition) is 0. The summed E-state index contributed by atoms with van der Waals surface area (Å²) in [5.41, 5.74) is 0.0108. The van der Waals surface area contributed by atoms with Gasteiger partial charge in [-0.2, -0.15) is 9.57 Å². The van der Waals surface area contributed by atoms with Crippen molar-refractivity contribution in [1.29, 1.82) is 5.26 Å². The van der Waals surface area contributed by atoms with Gasteiger partial charge in [0, 0.05) is 26.7 Å². The van der Waals surface area contributed by atoms with Crippen LogP contribution in [0.4, 0.5) is 0 Å². The van der Waals surface area contributed by atoms with E-state index in [0.717, 1.165) is 25.7 Å². The van der Waals surface area contributed by atoms with Crippen LogP contribution in [0.25, 0.3) is 0 Å². The molecule has 9 nitrogen and oxygen atoms in total. The Balaban J connectivity index is 2.18. The molecule has 10 heteroatoms. The SMILES string of the molecule is COc1ccc(C(=O)OCC(=O)N(C)CCC#N)cc1S(=O)(=O)N1CCCCCC1. The fourth-order valence-electron chi connectivity index (χ4n) is 3.09. The third-order valence-corrected chi connectivity index (χ3v) is 6.81. The van der Waals surface area contributed by atoms with Crippen LogP contribution in [0.15, 0.2) is 23.1 Å². The molecular weight excluding hydrogens is 410 g/mol. The standard InChI is InChI=1S/C20H27N3O6S/c1-22(11-7-10-21)19(24)15-29-20(25)16-8-9-17(28-2)18(14-16)30(26,27)23-12-5-3-4-6-13-23/h8-9,14H,3-7,11-13,15H2,1-2H3. The number of sulfonamides is 1. The van der Waals surface area contributed by atoms with E-state index in [2.05, 4.69) is 0 Å². The summed E-state index contributed by atoms with van der Waals surface area (Å²) in [4.78, 5) is 25.6. The van der Waals surface area contributed by atoms with Gasteiger partial charge in [0.25, 0.3) is 5.91 Å². The third-order valence-electron chi connectivity index (χ3n) is 4.89. The van der Waals surface area contributed by atoms with Crippen molar-refractivity contribution in [2.45, 2.75) is 37.0 Å². The maximum absolute atomic E-state index is 13.2. The van der Waals surface area contributed by atoms with Gasteiger partial charge in [-0.3, -0.25) is 4.79 Å². The molecule has 1 aliphatic heterocycles. The lowest BCUT2D eigenvalue weighted by atomic mass is 10.2. The Labute approximate surface area is 177 Å². The number of esters is 1. The number of amides is 1. The van der Waals surface area contributed by atoms with E-state index in [0.29, 0.717) is 13.1 Å². The molecule has 0 aromatic heterocycles. The molecule has 1 aromatic rings. The van der Waals surface area contributed by atoms with E-state index < -0.39 is 28.5 Å². The zero-order chi connectivity index (χ0) is 22.1. The zero-order valence-corrected chi connectivity index (χ0v) is 18.1. The molecule has 164 valence electrons. The molecule has 0 unspecified atom stereocenters. The van der Waals surface area contributed by atoms with Crippen molar-refractivity contribution in [2.24, 2.45) is 0 Å². The summed E-state index contributed by atoms with van der Waals surface area (Å²) in [7, 11) is -0.972. The molecule has 0 bridgehead atoms. The average molecular weight is 438 g/mol. The average Bonchev–Trinajstić information content (AvgIpc) is 3.05. The highest BCUT2D eigenvalue weighted by molar-refractivity contribution is 7.89. The Morgan fingerprint density at radius 1 is 1.20 bits per heavy atom. The van der Waals surface area contributed by atoms with E-state index in [1.807, 2.05) is 6.07 Å². The fraction of sp³-hybridized carbons (Fsp3) is 0.550. The number of nitrogens with zero attached hydrogens (tertiary/aromatic N) is 3. The van der Waals surface area contributed by atoms with E-state index in [4.69, 9.17) is 14.7 Å². The van der Waals surface area contributed by atoms with Crippen LogP contribution < -0.4 is 4.74 Å². The lowest BCUT2D eigenvalue weighted by Crippen LogP contribution is -2.32. The Bertz CT molecular complexity index is 902. The van der Waals surface area contributed by atoms with Crippen molar-refractivity contribution < 1.29 is 27.5 Å². The summed E-state index contributed by atoms with van der Waals surface area (Å²) in [6, 6.07) is 5.96. The monoisotopic (exact) mass is 437 g/mol. The van der Waals surface area contributed by atoms with Crippen molar-refractivity contribution in [2.75, 3.05) is 40.4 Å². The van der Waals surface area contributed by atoms with Gasteiger partial charge in [0.15, 0.2) is 6.61 Å². The topological polar surface area (TPSA) is 117 Å². The summed E-state index contributed by atoms with van der Waals surface area (Å²) in [5.74, 6) is -1.13. The lowest BCUT2D eigenvalue weighted by Gasteiger charge is -2.21. The van der Waals surface area contributed by atoms with Crippen LogP contribution in [0.5, 0.6) is 5.75 Å². The second-order valence-corrected chi connectivity index (χ2v) is 8.89. The first-order valence-corrected chi connectivity index (χ1v) is 11.2. The Morgan fingerprint density at radius 2 is 1.87 bits per heavy atom. The van der Waals surface area contributed by atoms with Gasteiger partial charge in [0.1, 0.15) is 10.6 Å². The van der Waals surface area contributed by atoms with Crippen molar-refractivity contribution in [1.82, 2.24) is 9.21 Å². The smallest absolute Gasteiger partial charge is 0.338 e. The van der Waals surface area contributed by atoms with Gasteiger partial charge in [-0.05, 0) is 31.0 Å². The molecule has 30 heavy (non-hydrogen) atoms. The van der Waals surface area contributed by atoms with Crippen LogP contribution in [0.2, 0.25) is 0 Å². The second kappa shape index (κ2) is 10.9. The second-order valence-electron chi connectivity index (χ2n) is 6.98. The van der Waals surface area contributed by atoms with Gasteiger partial charge >= 0.3 is 5.97 Å². The molecule has 1 saturated heterocycles. The zero-order valence-electron chi connectivity index (χ0n) is 17.3. The Morgan fingerprint density at radius 3 is 2.47 bits per heavy atom. The largest absolute Gasteiger partial charge is 0.495 e. The molecule has 0 N–H and O–H groups in total. The number of nitriles is 1. The number of likely N-dealkylation sites (N-methyl/N-ethyl adjacent to an activating group) is 1. The highest BCUT2D eigenvalue weighted by Gasteiger charge is 2.29. The first-order chi connectivity index (χ1) is 14.3. The number of ether oxygens (including phenoxy) is 2. The van der Waals surface area contributed by atoms with E-state index in [1.165, 1.54) is 41.6 Å². The van der Waals surface area contributed by atoms with Crippen LogP contribution in [0, 0.1) is 11.3 Å². The highest BCUT2D eigenvalue weighted by atomic mass is 32.2. The van der Waals surface area contributed by atoms with E-state index >= 15 is 0 Å². The minimum atomic E-state index is -3.84. The van der Waals surface area contributed by atoms with Crippen LogP contribution in [-0.4, -0.2) is 69.9 Å². The van der Waals surface area contributed by atoms with Crippen LogP contribution in [0.1, 0.15) is 42.5 Å². The summed E-state index contributed by atoms with van der Waals surface area (Å²) >= 11 is 0. The number of benzene rings is 1. The Kier molecular flexibility index (Phi) is 8.62. The summed E-state index contributed by atoms with van der Waals surface area (Å²) in [6.07, 6.45) is 3.69. The van der Waals surface area contributed by atoms with Gasteiger partial charge in [-0.15, -0.1) is 0 Å². The van der Waals surface area contributed by atoms with Crippen LogP contribution in [-0.2, 0) is 19.6 Å². The van der Waals surface area contributed by atoms with E-state index in [-0.39, 0.29) is 29.2 Å². The Hall–Kier alpha value is -2.64. The number of carbonyl (C=O) groups is 2. The minimum absolute atomic E-state index is 0.0108. The number of methoxy groups -OCH3 is 1. The van der Waals surface area contributed by atoms with Gasteiger partial charge in [-0.1, -0.05) is 12.8 Å². The van der Waals surface area contributed by atoms with Gasteiger partial charge < -0.3 is 14.4 Å². The molecular formula is C20H27N3O6S. The minimum Gasteiger partial charge on any atom is -0.495 e. The number of rotatable bonds is 8. The predicted octanol–water partition coefficient (Wildman–Crippen LogP) is 1.79. The molecule has 1 heterocycles. The molecule has 1 amide bonds. The van der Waals surface area contributed by atoms with Crippen molar-refractivity contribution in [3.05, 3.63) is 23.8 Å². The third kappa shape index (κ3) is 5.93. The quantitative estimate of drug-likeness (QED) is 0.569. The molecule has 0 radical (unpaired) electrons. The van der Waals surface area contributed by atoms with Gasteiger partial charge in [0.2, 0.25) is 10.0 Å². The maximum Gasteiger partial charge on any atom is 0.338 e. The fourth-order valence-corrected chi connectivity index (χ4v) is 4.79. The van der Waals surface area contributed by atoms with Crippen molar-refractivity contribution in [3.63, 3.8) is 0 Å². The number of hydrogen-bond acceptors (Lipinski definition) is 7. The first-order valence-electron chi connectivity index (χ1n) is 9.77. The summed E-state index contributed by atoms with van der Waals surface area (Å²) in [5, 5.41) is 8.57. The number of carbonyl (C=O) groups excluding carboxylic acids is 2. The van der Waals surface area contributed by atoms with Crippen molar-refractivity contribution >= 4 is 21.9 Å². The molecule has 0 spiro atoms. The lowest BCUT2D eigenvalue weighted by molar-refractivity contribution is -0.133. The highest BCUT2D eigenvalue weighted by Crippen LogP contribution is 2.29. The predicted molar refractivity (Wildman–Crippen MR) is 108 cm³/mol. The van der Waals surface area contributed by atoms with Gasteiger partial charge in [0.05, 0.1) is 25.2 Å².